The quantitative estimate of drug-likeness (QED) is 0.631. The fraction of sp³-hybridized carbons (Fsp3) is 0.600. The Bertz CT molecular complexity index is 1370. The highest BCUT2D eigenvalue weighted by atomic mass is 16.5. The lowest BCUT2D eigenvalue weighted by Crippen LogP contribution is -2.67. The smallest absolute Gasteiger partial charge is 0.0961 e. The molecule has 2 aromatic rings. The average Bonchev–Trinajstić information content (AvgIpc) is 3.40. The van der Waals surface area contributed by atoms with Crippen molar-refractivity contribution in [3.63, 3.8) is 0 Å². The Labute approximate surface area is 212 Å². The van der Waals surface area contributed by atoms with Gasteiger partial charge >= 0.3 is 0 Å². The summed E-state index contributed by atoms with van der Waals surface area (Å²) >= 11 is 0. The van der Waals surface area contributed by atoms with E-state index in [1.54, 1.807) is 6.20 Å². The van der Waals surface area contributed by atoms with E-state index in [1.165, 1.54) is 16.7 Å². The molecule has 2 bridgehead atoms. The Morgan fingerprint density at radius 3 is 2.78 bits per heavy atom. The summed E-state index contributed by atoms with van der Waals surface area (Å²) in [5.74, 6) is 0.736. The number of hydrogen-bond acceptors (Lipinski definition) is 6. The summed E-state index contributed by atoms with van der Waals surface area (Å²) in [5.41, 5.74) is 4.18. The molecule has 9 atom stereocenters. The van der Waals surface area contributed by atoms with Crippen LogP contribution in [0.25, 0.3) is 16.5 Å². The summed E-state index contributed by atoms with van der Waals surface area (Å²) in [4.78, 5) is 2.08. The zero-order chi connectivity index (χ0) is 24.7. The number of hydrogen-bond donors (Lipinski definition) is 2. The number of benzene rings is 1. The second-order valence-corrected chi connectivity index (χ2v) is 12.9. The van der Waals surface area contributed by atoms with Crippen molar-refractivity contribution in [2.75, 3.05) is 14.1 Å². The maximum Gasteiger partial charge on any atom is 0.0961 e. The molecule has 1 aromatic heterocycles. The van der Waals surface area contributed by atoms with Crippen LogP contribution in [0, 0.1) is 22.7 Å². The molecule has 1 aromatic carbocycles. The first-order chi connectivity index (χ1) is 17.3. The van der Waals surface area contributed by atoms with Crippen LogP contribution < -0.4 is 0 Å². The van der Waals surface area contributed by atoms with E-state index in [-0.39, 0.29) is 28.1 Å². The van der Waals surface area contributed by atoms with Gasteiger partial charge in [0.1, 0.15) is 0 Å². The van der Waals surface area contributed by atoms with Gasteiger partial charge in [0.2, 0.25) is 0 Å². The second kappa shape index (κ2) is 6.65. The van der Waals surface area contributed by atoms with E-state index in [4.69, 9.17) is 4.74 Å². The minimum absolute atomic E-state index is 0.00576. The van der Waals surface area contributed by atoms with Crippen molar-refractivity contribution >= 4 is 16.5 Å². The Kier molecular flexibility index (Phi) is 4.05. The third-order valence-corrected chi connectivity index (χ3v) is 11.5. The molecule has 6 heteroatoms. The molecule has 36 heavy (non-hydrogen) atoms. The van der Waals surface area contributed by atoms with Crippen molar-refractivity contribution in [2.45, 2.75) is 74.9 Å². The fourth-order valence-corrected chi connectivity index (χ4v) is 9.79. The van der Waals surface area contributed by atoms with Gasteiger partial charge in [-0.15, -0.1) is 0 Å². The molecule has 2 saturated carbocycles. The molecule has 0 amide bonds. The van der Waals surface area contributed by atoms with Crippen molar-refractivity contribution in [2.24, 2.45) is 22.7 Å². The predicted octanol–water partition coefficient (Wildman–Crippen LogP) is 3.73. The molecule has 2 aliphatic heterocycles. The maximum absolute atomic E-state index is 11.5. The third kappa shape index (κ3) is 2.30. The Morgan fingerprint density at radius 1 is 1.08 bits per heavy atom. The fourth-order valence-electron chi connectivity index (χ4n) is 9.79. The minimum atomic E-state index is -0.730. The van der Waals surface area contributed by atoms with Gasteiger partial charge in [0.25, 0.3) is 0 Å². The normalized spacial score (nSPS) is 48.1. The molecule has 3 spiro atoms. The minimum Gasteiger partial charge on any atom is -0.390 e. The highest BCUT2D eigenvalue weighted by Crippen LogP contribution is 2.81. The summed E-state index contributed by atoms with van der Waals surface area (Å²) in [6, 6.07) is 8.52. The average molecular weight is 486 g/mol. The van der Waals surface area contributed by atoms with Gasteiger partial charge in [0, 0.05) is 28.2 Å². The number of aliphatic hydroxyl groups excluding tert-OH is 2. The molecule has 8 rings (SSSR count). The second-order valence-electron chi connectivity index (χ2n) is 12.9. The van der Waals surface area contributed by atoms with Crippen LogP contribution in [-0.2, 0) is 4.74 Å². The summed E-state index contributed by atoms with van der Waals surface area (Å²) in [6.07, 6.45) is 11.0. The summed E-state index contributed by atoms with van der Waals surface area (Å²) in [5, 5.41) is 32.0. The van der Waals surface area contributed by atoms with Crippen molar-refractivity contribution in [1.29, 1.82) is 0 Å². The van der Waals surface area contributed by atoms with E-state index >= 15 is 0 Å². The van der Waals surface area contributed by atoms with Crippen LogP contribution in [0.1, 0.15) is 51.0 Å². The van der Waals surface area contributed by atoms with Crippen LogP contribution >= 0.6 is 0 Å². The predicted molar refractivity (Wildman–Crippen MR) is 137 cm³/mol. The van der Waals surface area contributed by atoms with Crippen molar-refractivity contribution < 1.29 is 14.9 Å². The monoisotopic (exact) mass is 485 g/mol. The van der Waals surface area contributed by atoms with Gasteiger partial charge < -0.3 is 19.8 Å². The lowest BCUT2D eigenvalue weighted by Gasteiger charge is -2.59. The summed E-state index contributed by atoms with van der Waals surface area (Å²) < 4.78 is 7.44. The van der Waals surface area contributed by atoms with Crippen LogP contribution in [0.3, 0.4) is 0 Å². The van der Waals surface area contributed by atoms with Gasteiger partial charge in [-0.2, -0.15) is 10.2 Å². The largest absolute Gasteiger partial charge is 0.390 e. The Morgan fingerprint density at radius 2 is 1.94 bits per heavy atom. The molecule has 2 saturated heterocycles. The van der Waals surface area contributed by atoms with Crippen LogP contribution in [0.2, 0.25) is 0 Å². The summed E-state index contributed by atoms with van der Waals surface area (Å²) in [6.45, 7) is 2.44. The molecule has 4 fully saturated rings. The van der Waals surface area contributed by atoms with E-state index in [0.717, 1.165) is 49.4 Å². The number of fused-ring (bicyclic) bond motifs is 3. The molecule has 6 nitrogen and oxygen atoms in total. The van der Waals surface area contributed by atoms with Crippen molar-refractivity contribution in [1.82, 2.24) is 15.1 Å². The first-order valence-electron chi connectivity index (χ1n) is 13.6. The lowest BCUT2D eigenvalue weighted by molar-refractivity contribution is -0.248. The topological polar surface area (TPSA) is 78.7 Å². The van der Waals surface area contributed by atoms with Crippen LogP contribution in [-0.4, -0.2) is 68.9 Å². The molecule has 6 aliphatic rings. The third-order valence-electron chi connectivity index (χ3n) is 11.5. The maximum atomic E-state index is 11.5. The highest BCUT2D eigenvalue weighted by molar-refractivity contribution is 5.85. The zero-order valence-electron chi connectivity index (χ0n) is 21.3. The number of aliphatic hydroxyl groups is 2. The van der Waals surface area contributed by atoms with Gasteiger partial charge in [-0.25, -0.2) is 0 Å². The Hall–Kier alpha value is -2.12. The number of aromatic nitrogens is 2. The van der Waals surface area contributed by atoms with Crippen LogP contribution in [0.15, 0.2) is 48.2 Å². The molecular weight excluding hydrogens is 450 g/mol. The van der Waals surface area contributed by atoms with Gasteiger partial charge in [0.15, 0.2) is 0 Å². The van der Waals surface area contributed by atoms with Crippen LogP contribution in [0.4, 0.5) is 0 Å². The highest BCUT2D eigenvalue weighted by Gasteiger charge is 2.84. The van der Waals surface area contributed by atoms with E-state index < -0.39 is 12.2 Å². The number of allylic oxidation sites excluding steroid dienone is 3. The number of ether oxygens (including phenoxy) is 1. The zero-order valence-corrected chi connectivity index (χ0v) is 21.3. The first kappa shape index (κ1) is 21.9. The molecule has 3 heterocycles. The van der Waals surface area contributed by atoms with E-state index in [1.807, 2.05) is 20.2 Å². The number of rotatable bonds is 2. The molecular formula is C30H35N3O3. The molecule has 2 N–H and O–H groups in total. The van der Waals surface area contributed by atoms with Gasteiger partial charge in [0.05, 0.1) is 35.1 Å². The molecule has 9 unspecified atom stereocenters. The molecule has 188 valence electrons. The van der Waals surface area contributed by atoms with Crippen molar-refractivity contribution in [3.8, 4) is 0 Å². The van der Waals surface area contributed by atoms with Crippen molar-refractivity contribution in [3.05, 3.63) is 53.8 Å². The van der Waals surface area contributed by atoms with Crippen LogP contribution in [0.5, 0.6) is 0 Å². The SMILES string of the molecule is CN(C)C1CC23CCC4(O2)C(=CCC2(C)C(c5ccc6nnccc6c5)=CCC24)C2CC23C(O)C1O. The molecule has 4 aliphatic carbocycles. The van der Waals surface area contributed by atoms with Gasteiger partial charge in [-0.1, -0.05) is 25.1 Å². The number of nitrogens with zero attached hydrogens (tertiary/aromatic N) is 3. The van der Waals surface area contributed by atoms with E-state index in [0.29, 0.717) is 11.8 Å². The standard InChI is InChI=1S/C30H35N3O3/c1-27-10-8-20-21-15-29(21)26(35)25(34)23(33(2)3)16-28(29)11-12-30(20,36-28)24(27)7-5-19(27)17-4-6-22-18(14-17)9-13-31-32-22/h4-6,8-9,13-14,21,23-26,34-35H,7,10-12,15-16H2,1-3H3. The van der Waals surface area contributed by atoms with E-state index in [9.17, 15) is 10.2 Å². The number of likely N-dealkylation sites (N-methyl/N-ethyl adjacent to an activating group) is 1. The molecule has 0 radical (unpaired) electrons. The lowest BCUT2D eigenvalue weighted by atomic mass is 9.57. The van der Waals surface area contributed by atoms with E-state index in [2.05, 4.69) is 52.4 Å². The van der Waals surface area contributed by atoms with Gasteiger partial charge in [-0.05, 0) is 93.4 Å². The van der Waals surface area contributed by atoms with Gasteiger partial charge in [-0.3, -0.25) is 0 Å². The first-order valence-corrected chi connectivity index (χ1v) is 13.6. The summed E-state index contributed by atoms with van der Waals surface area (Å²) in [7, 11) is 4.02. The Balaban J connectivity index is 1.21.